The fourth-order valence-corrected chi connectivity index (χ4v) is 2.09. The number of hydrogen-bond acceptors (Lipinski definition) is 1. The highest BCUT2D eigenvalue weighted by Crippen LogP contribution is 2.23. The molecule has 0 radical (unpaired) electrons. The lowest BCUT2D eigenvalue weighted by Crippen LogP contribution is -2.11. The molecule has 72 valence electrons. The summed E-state index contributed by atoms with van der Waals surface area (Å²) in [6, 6.07) is 4.46. The van der Waals surface area contributed by atoms with Crippen LogP contribution < -0.4 is 5.73 Å². The summed E-state index contributed by atoms with van der Waals surface area (Å²) in [4.78, 5) is 0. The molecular weight excluding hydrogens is 158 g/mol. The molecule has 0 bridgehead atoms. The van der Waals surface area contributed by atoms with Gasteiger partial charge in [-0.1, -0.05) is 24.6 Å². The highest BCUT2D eigenvalue weighted by molar-refractivity contribution is 5.39. The first-order valence-electron chi connectivity index (χ1n) is 4.84. The third-order valence-corrected chi connectivity index (χ3v) is 2.58. The van der Waals surface area contributed by atoms with E-state index in [-0.39, 0.29) is 0 Å². The summed E-state index contributed by atoms with van der Waals surface area (Å²) >= 11 is 0. The Morgan fingerprint density at radius 3 is 2.00 bits per heavy atom. The van der Waals surface area contributed by atoms with E-state index >= 15 is 0 Å². The maximum absolute atomic E-state index is 5.68. The number of nitrogens with two attached hydrogens (primary N) is 1. The fourth-order valence-electron chi connectivity index (χ4n) is 2.09. The molecule has 0 heterocycles. The largest absolute Gasteiger partial charge is 0.330 e. The second-order valence-electron chi connectivity index (χ2n) is 3.95. The number of hydrogen-bond donors (Lipinski definition) is 1. The van der Waals surface area contributed by atoms with E-state index in [1.54, 1.807) is 0 Å². The standard InChI is InChI=1S/C12H19N/c1-8-5-9(2)12(10(3)6-8)11(4)7-13/h5-6,11H,7,13H2,1-4H3/t11-/m0/s1. The van der Waals surface area contributed by atoms with Crippen LogP contribution in [0.5, 0.6) is 0 Å². The predicted molar refractivity (Wildman–Crippen MR) is 58.1 cm³/mol. The summed E-state index contributed by atoms with van der Waals surface area (Å²) in [5.41, 5.74) is 11.2. The Morgan fingerprint density at radius 1 is 1.15 bits per heavy atom. The SMILES string of the molecule is Cc1cc(C)c([C@@H](C)CN)c(C)c1. The minimum Gasteiger partial charge on any atom is -0.330 e. The average molecular weight is 177 g/mol. The molecule has 0 aliphatic carbocycles. The van der Waals surface area contributed by atoms with Crippen molar-refractivity contribution in [3.8, 4) is 0 Å². The van der Waals surface area contributed by atoms with Crippen molar-refractivity contribution in [1.82, 2.24) is 0 Å². The lowest BCUT2D eigenvalue weighted by atomic mass is 9.91. The normalized spacial score (nSPS) is 13.0. The molecule has 1 aromatic carbocycles. The predicted octanol–water partition coefficient (Wildman–Crippen LogP) is 2.67. The van der Waals surface area contributed by atoms with E-state index < -0.39 is 0 Å². The second-order valence-corrected chi connectivity index (χ2v) is 3.95. The molecule has 0 aliphatic heterocycles. The Morgan fingerprint density at radius 2 is 1.62 bits per heavy atom. The van der Waals surface area contributed by atoms with E-state index in [1.807, 2.05) is 0 Å². The maximum Gasteiger partial charge on any atom is -0.00107 e. The van der Waals surface area contributed by atoms with Crippen LogP contribution >= 0.6 is 0 Å². The smallest absolute Gasteiger partial charge is 0.00107 e. The van der Waals surface area contributed by atoms with Gasteiger partial charge in [0.05, 0.1) is 0 Å². The molecule has 13 heavy (non-hydrogen) atoms. The lowest BCUT2D eigenvalue weighted by Gasteiger charge is -2.16. The number of aryl methyl sites for hydroxylation is 3. The topological polar surface area (TPSA) is 26.0 Å². The lowest BCUT2D eigenvalue weighted by molar-refractivity contribution is 0.761. The van der Waals surface area contributed by atoms with Gasteiger partial charge in [-0.25, -0.2) is 0 Å². The minimum atomic E-state index is 0.473. The summed E-state index contributed by atoms with van der Waals surface area (Å²) < 4.78 is 0. The summed E-state index contributed by atoms with van der Waals surface area (Å²) in [6.07, 6.45) is 0. The van der Waals surface area contributed by atoms with Crippen molar-refractivity contribution >= 4 is 0 Å². The molecule has 1 atom stereocenters. The summed E-state index contributed by atoms with van der Waals surface area (Å²) in [7, 11) is 0. The van der Waals surface area contributed by atoms with Crippen LogP contribution in [-0.2, 0) is 0 Å². The van der Waals surface area contributed by atoms with Crippen LogP contribution in [0, 0.1) is 20.8 Å². The molecule has 0 saturated carbocycles. The molecule has 1 aromatic rings. The van der Waals surface area contributed by atoms with Gasteiger partial charge in [-0.3, -0.25) is 0 Å². The van der Waals surface area contributed by atoms with Crippen LogP contribution in [0.4, 0.5) is 0 Å². The first-order chi connectivity index (χ1) is 6.06. The Balaban J connectivity index is 3.20. The van der Waals surface area contributed by atoms with Crippen molar-refractivity contribution in [2.75, 3.05) is 6.54 Å². The van der Waals surface area contributed by atoms with Crippen molar-refractivity contribution in [2.24, 2.45) is 5.73 Å². The van der Waals surface area contributed by atoms with Gasteiger partial charge < -0.3 is 5.73 Å². The first kappa shape index (κ1) is 10.3. The minimum absolute atomic E-state index is 0.473. The Bertz CT molecular complexity index is 279. The van der Waals surface area contributed by atoms with E-state index in [0.717, 1.165) is 6.54 Å². The quantitative estimate of drug-likeness (QED) is 0.738. The molecule has 0 spiro atoms. The molecule has 1 rings (SSSR count). The van der Waals surface area contributed by atoms with Gasteiger partial charge in [-0.05, 0) is 49.9 Å². The van der Waals surface area contributed by atoms with Gasteiger partial charge in [-0.15, -0.1) is 0 Å². The molecule has 2 N–H and O–H groups in total. The molecule has 0 amide bonds. The van der Waals surface area contributed by atoms with Gasteiger partial charge in [0.1, 0.15) is 0 Å². The molecule has 0 aliphatic rings. The maximum atomic E-state index is 5.68. The number of rotatable bonds is 2. The fraction of sp³-hybridized carbons (Fsp3) is 0.500. The Kier molecular flexibility index (Phi) is 3.10. The third-order valence-electron chi connectivity index (χ3n) is 2.58. The first-order valence-corrected chi connectivity index (χ1v) is 4.84. The zero-order valence-electron chi connectivity index (χ0n) is 9.02. The highest BCUT2D eigenvalue weighted by atomic mass is 14.5. The van der Waals surface area contributed by atoms with E-state index in [2.05, 4.69) is 39.8 Å². The van der Waals surface area contributed by atoms with Gasteiger partial charge in [0, 0.05) is 0 Å². The third kappa shape index (κ3) is 2.10. The van der Waals surface area contributed by atoms with Gasteiger partial charge in [0.25, 0.3) is 0 Å². The van der Waals surface area contributed by atoms with E-state index in [9.17, 15) is 0 Å². The van der Waals surface area contributed by atoms with E-state index in [1.165, 1.54) is 22.3 Å². The van der Waals surface area contributed by atoms with Crippen LogP contribution in [0.1, 0.15) is 35.1 Å². The Hall–Kier alpha value is -0.820. The second kappa shape index (κ2) is 3.93. The van der Waals surface area contributed by atoms with E-state index in [0.29, 0.717) is 5.92 Å². The zero-order valence-corrected chi connectivity index (χ0v) is 9.02. The van der Waals surface area contributed by atoms with E-state index in [4.69, 9.17) is 5.73 Å². The summed E-state index contributed by atoms with van der Waals surface area (Å²) in [5.74, 6) is 0.473. The molecule has 0 fully saturated rings. The van der Waals surface area contributed by atoms with Crippen LogP contribution in [0.15, 0.2) is 12.1 Å². The van der Waals surface area contributed by atoms with Crippen molar-refractivity contribution in [2.45, 2.75) is 33.6 Å². The Labute approximate surface area is 81.0 Å². The molecule has 0 unspecified atom stereocenters. The van der Waals surface area contributed by atoms with Crippen LogP contribution in [-0.4, -0.2) is 6.54 Å². The molecule has 0 saturated heterocycles. The zero-order chi connectivity index (χ0) is 10.0. The number of benzene rings is 1. The monoisotopic (exact) mass is 177 g/mol. The van der Waals surface area contributed by atoms with Crippen LogP contribution in [0.2, 0.25) is 0 Å². The van der Waals surface area contributed by atoms with Gasteiger partial charge in [0.15, 0.2) is 0 Å². The van der Waals surface area contributed by atoms with Crippen molar-refractivity contribution in [3.05, 3.63) is 34.4 Å². The highest BCUT2D eigenvalue weighted by Gasteiger charge is 2.09. The van der Waals surface area contributed by atoms with Crippen LogP contribution in [0.3, 0.4) is 0 Å². The van der Waals surface area contributed by atoms with Gasteiger partial charge in [-0.2, -0.15) is 0 Å². The van der Waals surface area contributed by atoms with Crippen molar-refractivity contribution in [1.29, 1.82) is 0 Å². The van der Waals surface area contributed by atoms with Crippen molar-refractivity contribution < 1.29 is 0 Å². The average Bonchev–Trinajstić information content (AvgIpc) is 2.02. The van der Waals surface area contributed by atoms with Crippen molar-refractivity contribution in [3.63, 3.8) is 0 Å². The van der Waals surface area contributed by atoms with Crippen LogP contribution in [0.25, 0.3) is 0 Å². The molecule has 1 nitrogen and oxygen atoms in total. The molecular formula is C12H19N. The van der Waals surface area contributed by atoms with Gasteiger partial charge in [0.2, 0.25) is 0 Å². The summed E-state index contributed by atoms with van der Waals surface area (Å²) in [5, 5.41) is 0. The molecule has 0 aromatic heterocycles. The molecule has 1 heteroatoms. The van der Waals surface area contributed by atoms with Gasteiger partial charge >= 0.3 is 0 Å². The summed E-state index contributed by atoms with van der Waals surface area (Å²) in [6.45, 7) is 9.38.